The predicted octanol–water partition coefficient (Wildman–Crippen LogP) is 2.47. The largest absolute Gasteiger partial charge is 0.393 e. The zero-order chi connectivity index (χ0) is 13.1. The van der Waals surface area contributed by atoms with E-state index in [9.17, 15) is 5.11 Å². The minimum atomic E-state index is -0.127. The first-order valence-corrected chi connectivity index (χ1v) is 8.36. The van der Waals surface area contributed by atoms with Gasteiger partial charge in [0.25, 0.3) is 0 Å². The summed E-state index contributed by atoms with van der Waals surface area (Å²) in [6.07, 6.45) is 11.6. The molecule has 0 bridgehead atoms. The summed E-state index contributed by atoms with van der Waals surface area (Å²) in [6.45, 7) is 2.00. The molecule has 3 fully saturated rings. The highest BCUT2D eigenvalue weighted by Gasteiger charge is 2.38. The maximum Gasteiger partial charge on any atom is 0.0629 e. The predicted molar refractivity (Wildman–Crippen MR) is 76.1 cm³/mol. The molecule has 3 aliphatic rings. The number of nitrogens with one attached hydrogen (secondary N) is 1. The van der Waals surface area contributed by atoms with Crippen molar-refractivity contribution >= 4 is 0 Å². The van der Waals surface area contributed by atoms with Crippen molar-refractivity contribution in [3.8, 4) is 0 Å². The van der Waals surface area contributed by atoms with E-state index in [0.717, 1.165) is 44.8 Å². The van der Waals surface area contributed by atoms with Gasteiger partial charge in [-0.1, -0.05) is 19.3 Å². The average molecular weight is 267 g/mol. The van der Waals surface area contributed by atoms with E-state index in [1.165, 1.54) is 32.1 Å². The smallest absolute Gasteiger partial charge is 0.0629 e. The summed E-state index contributed by atoms with van der Waals surface area (Å²) in [4.78, 5) is 0. The molecule has 3 nitrogen and oxygen atoms in total. The number of aliphatic hydroxyl groups is 1. The quantitative estimate of drug-likeness (QED) is 0.825. The molecule has 0 aromatic rings. The van der Waals surface area contributed by atoms with E-state index in [0.29, 0.717) is 18.1 Å². The van der Waals surface area contributed by atoms with Crippen molar-refractivity contribution in [2.24, 2.45) is 11.8 Å². The first-order chi connectivity index (χ1) is 9.33. The van der Waals surface area contributed by atoms with Gasteiger partial charge in [0.05, 0.1) is 18.8 Å². The van der Waals surface area contributed by atoms with Crippen LogP contribution in [0.5, 0.6) is 0 Å². The van der Waals surface area contributed by atoms with Crippen LogP contribution in [0, 0.1) is 11.8 Å². The zero-order valence-corrected chi connectivity index (χ0v) is 12.0. The third kappa shape index (κ3) is 3.50. The van der Waals surface area contributed by atoms with Crippen LogP contribution in [0.3, 0.4) is 0 Å². The topological polar surface area (TPSA) is 41.5 Å². The number of hydrogen-bond acceptors (Lipinski definition) is 3. The summed E-state index contributed by atoms with van der Waals surface area (Å²) in [5.41, 5.74) is 0. The normalized spacial score (nSPS) is 40.9. The van der Waals surface area contributed by atoms with Gasteiger partial charge in [0.2, 0.25) is 0 Å². The molecule has 110 valence electrons. The van der Waals surface area contributed by atoms with Crippen molar-refractivity contribution in [2.45, 2.75) is 76.0 Å². The van der Waals surface area contributed by atoms with Gasteiger partial charge in [-0.15, -0.1) is 0 Å². The minimum Gasteiger partial charge on any atom is -0.393 e. The highest BCUT2D eigenvalue weighted by molar-refractivity contribution is 4.90. The van der Waals surface area contributed by atoms with Gasteiger partial charge >= 0.3 is 0 Å². The highest BCUT2D eigenvalue weighted by atomic mass is 16.5. The molecule has 2 N–H and O–H groups in total. The van der Waals surface area contributed by atoms with Crippen LogP contribution < -0.4 is 5.32 Å². The van der Waals surface area contributed by atoms with Crippen molar-refractivity contribution in [3.63, 3.8) is 0 Å². The standard InChI is InChI=1S/C16H29NO2/c18-15-7-4-8-16-14(15)9-13(11-19-16)17-10-12-5-2-1-3-6-12/h12-18H,1-11H2. The molecular weight excluding hydrogens is 238 g/mol. The second-order valence-corrected chi connectivity index (χ2v) is 6.88. The Bertz CT molecular complexity index is 278. The SMILES string of the molecule is OC1CCCC2OCC(NCC3CCCCC3)CC12. The lowest BCUT2D eigenvalue weighted by Gasteiger charge is -2.42. The molecule has 1 aliphatic heterocycles. The third-order valence-corrected chi connectivity index (χ3v) is 5.45. The van der Waals surface area contributed by atoms with Crippen molar-refractivity contribution in [2.75, 3.05) is 13.2 Å². The summed E-state index contributed by atoms with van der Waals surface area (Å²) < 4.78 is 5.98. The molecule has 2 aliphatic carbocycles. The van der Waals surface area contributed by atoms with Crippen LogP contribution in [0.1, 0.15) is 57.8 Å². The van der Waals surface area contributed by atoms with Gasteiger partial charge in [-0.3, -0.25) is 0 Å². The van der Waals surface area contributed by atoms with Crippen LogP contribution in [0.2, 0.25) is 0 Å². The second kappa shape index (κ2) is 6.55. The molecule has 0 radical (unpaired) electrons. The van der Waals surface area contributed by atoms with E-state index in [-0.39, 0.29) is 6.10 Å². The third-order valence-electron chi connectivity index (χ3n) is 5.45. The maximum absolute atomic E-state index is 10.1. The average Bonchev–Trinajstić information content (AvgIpc) is 2.47. The maximum atomic E-state index is 10.1. The Balaban J connectivity index is 1.44. The van der Waals surface area contributed by atoms with Gasteiger partial charge in [0.15, 0.2) is 0 Å². The molecule has 1 heterocycles. The van der Waals surface area contributed by atoms with Gasteiger partial charge in [0, 0.05) is 12.0 Å². The van der Waals surface area contributed by atoms with Crippen LogP contribution in [-0.2, 0) is 4.74 Å². The van der Waals surface area contributed by atoms with E-state index in [1.807, 2.05) is 0 Å². The van der Waals surface area contributed by atoms with Crippen molar-refractivity contribution < 1.29 is 9.84 Å². The Morgan fingerprint density at radius 1 is 1.00 bits per heavy atom. The van der Waals surface area contributed by atoms with Crippen molar-refractivity contribution in [3.05, 3.63) is 0 Å². The highest BCUT2D eigenvalue weighted by Crippen LogP contribution is 2.34. The van der Waals surface area contributed by atoms with Gasteiger partial charge in [0.1, 0.15) is 0 Å². The molecule has 0 spiro atoms. The Kier molecular flexibility index (Phi) is 4.78. The molecule has 0 amide bonds. The Labute approximate surface area is 117 Å². The number of rotatable bonds is 3. The monoisotopic (exact) mass is 267 g/mol. The summed E-state index contributed by atoms with van der Waals surface area (Å²) in [7, 11) is 0. The fraction of sp³-hybridized carbons (Fsp3) is 1.00. The number of aliphatic hydroxyl groups excluding tert-OH is 1. The van der Waals surface area contributed by atoms with Crippen LogP contribution >= 0.6 is 0 Å². The van der Waals surface area contributed by atoms with Crippen LogP contribution in [0.25, 0.3) is 0 Å². The van der Waals surface area contributed by atoms with E-state index in [4.69, 9.17) is 4.74 Å². The second-order valence-electron chi connectivity index (χ2n) is 6.88. The minimum absolute atomic E-state index is 0.127. The van der Waals surface area contributed by atoms with E-state index in [2.05, 4.69) is 5.32 Å². The number of fused-ring (bicyclic) bond motifs is 1. The van der Waals surface area contributed by atoms with Crippen molar-refractivity contribution in [1.82, 2.24) is 5.32 Å². The molecule has 2 saturated carbocycles. The number of ether oxygens (including phenoxy) is 1. The molecule has 3 rings (SSSR count). The van der Waals surface area contributed by atoms with Crippen LogP contribution in [-0.4, -0.2) is 36.5 Å². The molecule has 1 saturated heterocycles. The van der Waals surface area contributed by atoms with Crippen LogP contribution in [0.15, 0.2) is 0 Å². The fourth-order valence-corrected chi connectivity index (χ4v) is 4.22. The number of hydrogen-bond donors (Lipinski definition) is 2. The first-order valence-electron chi connectivity index (χ1n) is 8.36. The Hall–Kier alpha value is -0.120. The van der Waals surface area contributed by atoms with Gasteiger partial charge in [-0.25, -0.2) is 0 Å². The van der Waals surface area contributed by atoms with Crippen LogP contribution in [0.4, 0.5) is 0 Å². The van der Waals surface area contributed by atoms with E-state index < -0.39 is 0 Å². The molecule has 4 atom stereocenters. The van der Waals surface area contributed by atoms with E-state index >= 15 is 0 Å². The fourth-order valence-electron chi connectivity index (χ4n) is 4.22. The molecule has 0 aromatic heterocycles. The lowest BCUT2D eigenvalue weighted by atomic mass is 9.78. The summed E-state index contributed by atoms with van der Waals surface area (Å²) in [5.74, 6) is 1.26. The molecular formula is C16H29NO2. The molecule has 19 heavy (non-hydrogen) atoms. The molecule has 0 aromatic carbocycles. The lowest BCUT2D eigenvalue weighted by molar-refractivity contribution is -0.107. The zero-order valence-electron chi connectivity index (χ0n) is 12.0. The Morgan fingerprint density at radius 2 is 1.84 bits per heavy atom. The molecule has 3 heteroatoms. The summed E-state index contributed by atoms with van der Waals surface area (Å²) in [6, 6.07) is 0.468. The lowest BCUT2D eigenvalue weighted by Crippen LogP contribution is -2.50. The molecule has 4 unspecified atom stereocenters. The summed E-state index contributed by atoms with van der Waals surface area (Å²) >= 11 is 0. The van der Waals surface area contributed by atoms with E-state index in [1.54, 1.807) is 0 Å². The van der Waals surface area contributed by atoms with Gasteiger partial charge in [-0.2, -0.15) is 0 Å². The first kappa shape index (κ1) is 13.8. The summed E-state index contributed by atoms with van der Waals surface area (Å²) in [5, 5.41) is 13.8. The van der Waals surface area contributed by atoms with Gasteiger partial charge in [-0.05, 0) is 51.0 Å². The Morgan fingerprint density at radius 3 is 2.68 bits per heavy atom. The van der Waals surface area contributed by atoms with Crippen molar-refractivity contribution in [1.29, 1.82) is 0 Å². The van der Waals surface area contributed by atoms with Gasteiger partial charge < -0.3 is 15.2 Å².